The van der Waals surface area contributed by atoms with E-state index in [0.29, 0.717) is 23.7 Å². The van der Waals surface area contributed by atoms with Gasteiger partial charge in [0.1, 0.15) is 5.75 Å². The molecule has 0 saturated carbocycles. The Morgan fingerprint density at radius 3 is 2.71 bits per heavy atom. The molecule has 3 rings (SSSR count). The Morgan fingerprint density at radius 2 is 1.93 bits per heavy atom. The first kappa shape index (κ1) is 19.4. The number of ether oxygens (including phenoxy) is 1. The van der Waals surface area contributed by atoms with Crippen LogP contribution in [0.2, 0.25) is 0 Å². The third kappa shape index (κ3) is 4.14. The smallest absolute Gasteiger partial charge is 0.283 e. The summed E-state index contributed by atoms with van der Waals surface area (Å²) < 4.78 is 7.05. The van der Waals surface area contributed by atoms with Gasteiger partial charge in [0.05, 0.1) is 24.9 Å². The lowest BCUT2D eigenvalue weighted by Crippen LogP contribution is -2.11. The normalized spacial score (nSPS) is 11.2. The number of benzene rings is 2. The molecule has 7 nitrogen and oxygen atoms in total. The molecular formula is C21H24N4O3. The molecule has 2 N–H and O–H groups in total. The number of hydrogen-bond donors (Lipinski definition) is 2. The van der Waals surface area contributed by atoms with Crippen LogP contribution in [0.1, 0.15) is 19.8 Å². The number of nitrogens with zero attached hydrogens (tertiary/aromatic N) is 3. The minimum absolute atomic E-state index is 0.0287. The second-order valence-corrected chi connectivity index (χ2v) is 6.34. The molecule has 2 aromatic carbocycles. The standard InChI is InChI=1S/C21H24N4O3/c1-3-4-13-25-17-11-7-5-9-15(17)20(21(25)27)24-23-19(26)14-22-16-10-6-8-12-18(16)28-2/h5-12,22,27H,3-4,13-14H2,1-2H3. The zero-order valence-electron chi connectivity index (χ0n) is 16.1. The van der Waals surface area contributed by atoms with E-state index in [9.17, 15) is 9.90 Å². The molecule has 0 bridgehead atoms. The molecule has 0 saturated heterocycles. The van der Waals surface area contributed by atoms with E-state index in [1.54, 1.807) is 13.2 Å². The van der Waals surface area contributed by atoms with Crippen molar-refractivity contribution in [3.63, 3.8) is 0 Å². The summed E-state index contributed by atoms with van der Waals surface area (Å²) in [5.41, 5.74) is 1.90. The zero-order chi connectivity index (χ0) is 19.9. The number of para-hydroxylation sites is 3. The molecule has 0 aliphatic carbocycles. The Bertz CT molecular complexity index is 994. The molecule has 1 amide bonds. The minimum Gasteiger partial charge on any atom is -0.495 e. The molecule has 0 fully saturated rings. The molecule has 146 valence electrons. The third-order valence-corrected chi connectivity index (χ3v) is 4.45. The predicted molar refractivity (Wildman–Crippen MR) is 110 cm³/mol. The van der Waals surface area contributed by atoms with E-state index in [-0.39, 0.29) is 12.4 Å². The number of hydrogen-bond acceptors (Lipinski definition) is 5. The molecule has 1 heterocycles. The van der Waals surface area contributed by atoms with E-state index in [1.165, 1.54) is 0 Å². The van der Waals surface area contributed by atoms with Crippen LogP contribution < -0.4 is 10.1 Å². The van der Waals surface area contributed by atoms with Crippen molar-refractivity contribution in [2.24, 2.45) is 10.2 Å². The summed E-state index contributed by atoms with van der Waals surface area (Å²) in [6.45, 7) is 2.75. The fraction of sp³-hybridized carbons (Fsp3) is 0.286. The summed E-state index contributed by atoms with van der Waals surface area (Å²) in [4.78, 5) is 12.2. The van der Waals surface area contributed by atoms with Crippen LogP contribution in [-0.4, -0.2) is 29.2 Å². The van der Waals surface area contributed by atoms with Crippen LogP contribution in [0.5, 0.6) is 11.6 Å². The van der Waals surface area contributed by atoms with E-state index in [0.717, 1.165) is 23.7 Å². The lowest BCUT2D eigenvalue weighted by Gasteiger charge is -2.08. The van der Waals surface area contributed by atoms with E-state index >= 15 is 0 Å². The van der Waals surface area contributed by atoms with Crippen molar-refractivity contribution in [3.05, 3.63) is 48.5 Å². The number of nitrogens with one attached hydrogen (secondary N) is 1. The van der Waals surface area contributed by atoms with Gasteiger partial charge in [-0.15, -0.1) is 10.2 Å². The van der Waals surface area contributed by atoms with Gasteiger partial charge in [0, 0.05) is 11.9 Å². The highest BCUT2D eigenvalue weighted by Crippen LogP contribution is 2.39. The fourth-order valence-electron chi connectivity index (χ4n) is 3.02. The van der Waals surface area contributed by atoms with Gasteiger partial charge < -0.3 is 19.7 Å². The maximum absolute atomic E-state index is 12.2. The first-order chi connectivity index (χ1) is 13.7. The van der Waals surface area contributed by atoms with E-state index in [1.807, 2.05) is 47.0 Å². The molecular weight excluding hydrogens is 356 g/mol. The van der Waals surface area contributed by atoms with Crippen molar-refractivity contribution < 1.29 is 14.6 Å². The lowest BCUT2D eigenvalue weighted by atomic mass is 10.2. The van der Waals surface area contributed by atoms with Gasteiger partial charge in [0.25, 0.3) is 5.91 Å². The Morgan fingerprint density at radius 1 is 1.18 bits per heavy atom. The van der Waals surface area contributed by atoms with Crippen molar-refractivity contribution >= 4 is 28.2 Å². The number of methoxy groups -OCH3 is 1. The summed E-state index contributed by atoms with van der Waals surface area (Å²) in [5, 5.41) is 22.2. The number of aryl methyl sites for hydroxylation is 1. The van der Waals surface area contributed by atoms with Gasteiger partial charge in [-0.1, -0.05) is 43.7 Å². The number of anilines is 1. The topological polar surface area (TPSA) is 88.2 Å². The fourth-order valence-corrected chi connectivity index (χ4v) is 3.02. The van der Waals surface area contributed by atoms with Crippen LogP contribution in [0.15, 0.2) is 58.8 Å². The van der Waals surface area contributed by atoms with Crippen LogP contribution >= 0.6 is 0 Å². The third-order valence-electron chi connectivity index (χ3n) is 4.45. The minimum atomic E-state index is -0.448. The maximum Gasteiger partial charge on any atom is 0.283 e. The van der Waals surface area contributed by atoms with Gasteiger partial charge in [0.15, 0.2) is 5.69 Å². The average Bonchev–Trinajstić information content (AvgIpc) is 3.00. The number of aromatic nitrogens is 1. The molecule has 3 aromatic rings. The van der Waals surface area contributed by atoms with Crippen LogP contribution in [0.25, 0.3) is 10.9 Å². The SMILES string of the molecule is CCCCn1c(O)c(N=NC(=O)CNc2ccccc2OC)c2ccccc21. The van der Waals surface area contributed by atoms with Gasteiger partial charge in [-0.05, 0) is 24.6 Å². The molecule has 28 heavy (non-hydrogen) atoms. The van der Waals surface area contributed by atoms with Crippen LogP contribution in [-0.2, 0) is 11.3 Å². The second kappa shape index (κ2) is 9.03. The van der Waals surface area contributed by atoms with Crippen LogP contribution in [0.4, 0.5) is 11.4 Å². The average molecular weight is 380 g/mol. The lowest BCUT2D eigenvalue weighted by molar-refractivity contribution is -0.116. The first-order valence-corrected chi connectivity index (χ1v) is 9.27. The summed E-state index contributed by atoms with van der Waals surface area (Å²) >= 11 is 0. The zero-order valence-corrected chi connectivity index (χ0v) is 16.1. The van der Waals surface area contributed by atoms with Crippen molar-refractivity contribution in [1.82, 2.24) is 4.57 Å². The number of unbranched alkanes of at least 4 members (excludes halogenated alkanes) is 1. The van der Waals surface area contributed by atoms with Crippen molar-refractivity contribution in [3.8, 4) is 11.6 Å². The highest BCUT2D eigenvalue weighted by molar-refractivity contribution is 5.95. The van der Waals surface area contributed by atoms with Crippen molar-refractivity contribution in [1.29, 1.82) is 0 Å². The van der Waals surface area contributed by atoms with Gasteiger partial charge in [-0.3, -0.25) is 4.79 Å². The Kier molecular flexibility index (Phi) is 6.26. The maximum atomic E-state index is 12.2. The molecule has 0 radical (unpaired) electrons. The number of rotatable bonds is 8. The molecule has 0 unspecified atom stereocenters. The number of aromatic hydroxyl groups is 1. The summed E-state index contributed by atoms with van der Waals surface area (Å²) in [6.07, 6.45) is 1.94. The Labute approximate surface area is 163 Å². The quantitative estimate of drug-likeness (QED) is 0.545. The van der Waals surface area contributed by atoms with E-state index in [2.05, 4.69) is 22.5 Å². The van der Waals surface area contributed by atoms with E-state index in [4.69, 9.17) is 4.74 Å². The monoisotopic (exact) mass is 380 g/mol. The summed E-state index contributed by atoms with van der Waals surface area (Å²) in [5.74, 6) is 0.225. The van der Waals surface area contributed by atoms with Crippen LogP contribution in [0, 0.1) is 0 Å². The van der Waals surface area contributed by atoms with Gasteiger partial charge in [-0.25, -0.2) is 0 Å². The number of carbonyl (C=O) groups excluding carboxylic acids is 1. The van der Waals surface area contributed by atoms with Crippen molar-refractivity contribution in [2.45, 2.75) is 26.3 Å². The van der Waals surface area contributed by atoms with Gasteiger partial charge >= 0.3 is 0 Å². The number of amides is 1. The first-order valence-electron chi connectivity index (χ1n) is 9.27. The predicted octanol–water partition coefficient (Wildman–Crippen LogP) is 4.88. The molecule has 0 atom stereocenters. The molecule has 0 aliphatic heterocycles. The van der Waals surface area contributed by atoms with Gasteiger partial charge in [0.2, 0.25) is 5.88 Å². The summed E-state index contributed by atoms with van der Waals surface area (Å²) in [6, 6.07) is 14.9. The number of azo groups is 1. The highest BCUT2D eigenvalue weighted by atomic mass is 16.5. The summed E-state index contributed by atoms with van der Waals surface area (Å²) in [7, 11) is 1.57. The highest BCUT2D eigenvalue weighted by Gasteiger charge is 2.16. The van der Waals surface area contributed by atoms with E-state index < -0.39 is 5.91 Å². The Hall–Kier alpha value is -3.35. The van der Waals surface area contributed by atoms with Crippen molar-refractivity contribution in [2.75, 3.05) is 19.0 Å². The number of fused-ring (bicyclic) bond motifs is 1. The molecule has 0 aliphatic rings. The van der Waals surface area contributed by atoms with Gasteiger partial charge in [-0.2, -0.15) is 0 Å². The molecule has 0 spiro atoms. The van der Waals surface area contributed by atoms with Crippen LogP contribution in [0.3, 0.4) is 0 Å². The Balaban J connectivity index is 1.77. The largest absolute Gasteiger partial charge is 0.495 e. The molecule has 1 aromatic heterocycles. The molecule has 7 heteroatoms. The second-order valence-electron chi connectivity index (χ2n) is 6.34. The number of carbonyl (C=O) groups is 1.